The van der Waals surface area contributed by atoms with Gasteiger partial charge in [0, 0.05) is 18.1 Å². The summed E-state index contributed by atoms with van der Waals surface area (Å²) >= 11 is 0. The van der Waals surface area contributed by atoms with Crippen LogP contribution < -0.4 is 5.32 Å². The number of aliphatic hydroxyl groups is 2. The number of benzene rings is 2. The predicted molar refractivity (Wildman–Crippen MR) is 102 cm³/mol. The minimum atomic E-state index is -1.06. The zero-order valence-corrected chi connectivity index (χ0v) is 14.8. The quantitative estimate of drug-likeness (QED) is 0.598. The molecule has 0 radical (unpaired) electrons. The standard InChI is InChI=1S/C21H22N2O4/c24-19(10-12-23-21(26)27-14-15-5-2-1-3-6-15)20(25)17-9-8-16-7-4-11-22-18(16)13-17/h1-9,11,13,19-20,24-25H,10,12,14H2,(H,23,26). The lowest BCUT2D eigenvalue weighted by Crippen LogP contribution is -2.29. The van der Waals surface area contributed by atoms with Crippen molar-refractivity contribution >= 4 is 17.0 Å². The van der Waals surface area contributed by atoms with Gasteiger partial charge >= 0.3 is 6.09 Å². The molecule has 1 aromatic heterocycles. The van der Waals surface area contributed by atoms with Crippen LogP contribution in [0.25, 0.3) is 10.9 Å². The summed E-state index contributed by atoms with van der Waals surface area (Å²) < 4.78 is 5.10. The Hall–Kier alpha value is -2.96. The summed E-state index contributed by atoms with van der Waals surface area (Å²) in [5, 5.41) is 24.1. The fraction of sp³-hybridized carbons (Fsp3) is 0.238. The van der Waals surface area contributed by atoms with Gasteiger partial charge in [0.1, 0.15) is 12.7 Å². The van der Waals surface area contributed by atoms with Gasteiger partial charge in [-0.3, -0.25) is 4.98 Å². The number of carbonyl (C=O) groups is 1. The second-order valence-electron chi connectivity index (χ2n) is 6.24. The second-order valence-corrected chi connectivity index (χ2v) is 6.24. The average Bonchev–Trinajstić information content (AvgIpc) is 2.72. The van der Waals surface area contributed by atoms with Gasteiger partial charge in [0.2, 0.25) is 0 Å². The minimum Gasteiger partial charge on any atom is -0.445 e. The van der Waals surface area contributed by atoms with Crippen LogP contribution in [0.2, 0.25) is 0 Å². The first-order valence-electron chi connectivity index (χ1n) is 8.79. The highest BCUT2D eigenvalue weighted by molar-refractivity contribution is 5.78. The van der Waals surface area contributed by atoms with E-state index in [4.69, 9.17) is 4.74 Å². The number of aliphatic hydroxyl groups excluding tert-OH is 2. The fourth-order valence-corrected chi connectivity index (χ4v) is 2.74. The first-order valence-corrected chi connectivity index (χ1v) is 8.79. The summed E-state index contributed by atoms with van der Waals surface area (Å²) in [4.78, 5) is 15.9. The minimum absolute atomic E-state index is 0.182. The van der Waals surface area contributed by atoms with Gasteiger partial charge in [-0.25, -0.2) is 4.79 Å². The molecule has 1 amide bonds. The molecular weight excluding hydrogens is 344 g/mol. The summed E-state index contributed by atoms with van der Waals surface area (Å²) in [5.74, 6) is 0. The number of fused-ring (bicyclic) bond motifs is 1. The number of nitrogens with zero attached hydrogens (tertiary/aromatic N) is 1. The third-order valence-corrected chi connectivity index (χ3v) is 4.26. The van der Waals surface area contributed by atoms with E-state index in [1.165, 1.54) is 0 Å². The molecule has 6 heteroatoms. The first-order chi connectivity index (χ1) is 13.1. The summed E-state index contributed by atoms with van der Waals surface area (Å²) in [6.45, 7) is 0.375. The van der Waals surface area contributed by atoms with Crippen LogP contribution in [0.15, 0.2) is 66.9 Å². The van der Waals surface area contributed by atoms with Crippen LogP contribution in [-0.4, -0.2) is 33.9 Å². The number of carbonyl (C=O) groups excluding carboxylic acids is 1. The lowest BCUT2D eigenvalue weighted by atomic mass is 10.0. The molecule has 2 atom stereocenters. The van der Waals surface area contributed by atoms with E-state index >= 15 is 0 Å². The first kappa shape index (κ1) is 18.8. The molecule has 0 aliphatic rings. The van der Waals surface area contributed by atoms with Crippen molar-refractivity contribution in [2.75, 3.05) is 6.54 Å². The number of amides is 1. The van der Waals surface area contributed by atoms with Gasteiger partial charge in [-0.05, 0) is 29.7 Å². The van der Waals surface area contributed by atoms with E-state index in [2.05, 4.69) is 10.3 Å². The average molecular weight is 366 g/mol. The topological polar surface area (TPSA) is 91.7 Å². The van der Waals surface area contributed by atoms with Gasteiger partial charge in [0.15, 0.2) is 0 Å². The Morgan fingerprint density at radius 3 is 2.70 bits per heavy atom. The molecule has 0 saturated carbocycles. The largest absolute Gasteiger partial charge is 0.445 e. The molecule has 3 N–H and O–H groups in total. The SMILES string of the molecule is O=C(NCCC(O)C(O)c1ccc2cccnc2c1)OCc1ccccc1. The lowest BCUT2D eigenvalue weighted by molar-refractivity contribution is 0.0137. The molecule has 140 valence electrons. The van der Waals surface area contributed by atoms with E-state index in [1.807, 2.05) is 48.5 Å². The smallest absolute Gasteiger partial charge is 0.407 e. The van der Waals surface area contributed by atoms with Gasteiger partial charge in [0.05, 0.1) is 11.6 Å². The Bertz CT molecular complexity index is 885. The van der Waals surface area contributed by atoms with E-state index in [0.29, 0.717) is 5.56 Å². The monoisotopic (exact) mass is 366 g/mol. The number of nitrogens with one attached hydrogen (secondary N) is 1. The predicted octanol–water partition coefficient (Wildman–Crippen LogP) is 2.95. The van der Waals surface area contributed by atoms with Crippen LogP contribution in [0.5, 0.6) is 0 Å². The molecular formula is C21H22N2O4. The molecule has 0 spiro atoms. The Labute approximate surface area is 157 Å². The molecule has 2 aromatic carbocycles. The normalized spacial score (nSPS) is 13.1. The number of ether oxygens (including phenoxy) is 1. The zero-order valence-electron chi connectivity index (χ0n) is 14.8. The van der Waals surface area contributed by atoms with E-state index in [0.717, 1.165) is 16.5 Å². The Balaban J connectivity index is 1.45. The van der Waals surface area contributed by atoms with Gasteiger partial charge in [0.25, 0.3) is 0 Å². The second kappa shape index (κ2) is 9.12. The molecule has 2 unspecified atom stereocenters. The van der Waals surface area contributed by atoms with Crippen molar-refractivity contribution in [1.82, 2.24) is 10.3 Å². The Kier molecular flexibility index (Phi) is 6.35. The van der Waals surface area contributed by atoms with Crippen LogP contribution in [0.3, 0.4) is 0 Å². The van der Waals surface area contributed by atoms with E-state index in [1.54, 1.807) is 18.3 Å². The number of rotatable bonds is 7. The third-order valence-electron chi connectivity index (χ3n) is 4.26. The van der Waals surface area contributed by atoms with Gasteiger partial charge in [-0.15, -0.1) is 0 Å². The molecule has 0 saturated heterocycles. The summed E-state index contributed by atoms with van der Waals surface area (Å²) in [6.07, 6.45) is -0.753. The number of alkyl carbamates (subject to hydrolysis) is 1. The van der Waals surface area contributed by atoms with Gasteiger partial charge < -0.3 is 20.3 Å². The van der Waals surface area contributed by atoms with Crippen LogP contribution in [0.1, 0.15) is 23.7 Å². The summed E-state index contributed by atoms with van der Waals surface area (Å²) in [5.41, 5.74) is 2.23. The molecule has 3 rings (SSSR count). The molecule has 3 aromatic rings. The fourth-order valence-electron chi connectivity index (χ4n) is 2.74. The highest BCUT2D eigenvalue weighted by atomic mass is 16.5. The summed E-state index contributed by atoms with van der Waals surface area (Å²) in [6, 6.07) is 18.5. The van der Waals surface area contributed by atoms with E-state index < -0.39 is 18.3 Å². The van der Waals surface area contributed by atoms with Crippen molar-refractivity contribution in [3.63, 3.8) is 0 Å². The van der Waals surface area contributed by atoms with Crippen molar-refractivity contribution < 1.29 is 19.7 Å². The van der Waals surface area contributed by atoms with Gasteiger partial charge in [-0.1, -0.05) is 48.5 Å². The van der Waals surface area contributed by atoms with Crippen LogP contribution in [0.4, 0.5) is 4.79 Å². The Morgan fingerprint density at radius 2 is 1.89 bits per heavy atom. The number of hydrogen-bond acceptors (Lipinski definition) is 5. The highest BCUT2D eigenvalue weighted by Crippen LogP contribution is 2.22. The van der Waals surface area contributed by atoms with Crippen molar-refractivity contribution in [3.05, 3.63) is 78.0 Å². The maximum atomic E-state index is 11.7. The van der Waals surface area contributed by atoms with Crippen molar-refractivity contribution in [3.8, 4) is 0 Å². The lowest BCUT2D eigenvalue weighted by Gasteiger charge is -2.18. The van der Waals surface area contributed by atoms with Crippen molar-refractivity contribution in [1.29, 1.82) is 0 Å². The number of hydrogen-bond donors (Lipinski definition) is 3. The van der Waals surface area contributed by atoms with E-state index in [9.17, 15) is 15.0 Å². The van der Waals surface area contributed by atoms with Crippen molar-refractivity contribution in [2.45, 2.75) is 25.2 Å². The van der Waals surface area contributed by atoms with Crippen LogP contribution in [-0.2, 0) is 11.3 Å². The Morgan fingerprint density at radius 1 is 1.07 bits per heavy atom. The maximum absolute atomic E-state index is 11.7. The van der Waals surface area contributed by atoms with Crippen LogP contribution >= 0.6 is 0 Å². The van der Waals surface area contributed by atoms with Crippen LogP contribution in [0, 0.1) is 0 Å². The van der Waals surface area contributed by atoms with Gasteiger partial charge in [-0.2, -0.15) is 0 Å². The summed E-state index contributed by atoms with van der Waals surface area (Å²) in [7, 11) is 0. The molecule has 1 heterocycles. The molecule has 0 aliphatic carbocycles. The zero-order chi connectivity index (χ0) is 19.1. The number of pyridine rings is 1. The third kappa shape index (κ3) is 5.26. The molecule has 27 heavy (non-hydrogen) atoms. The highest BCUT2D eigenvalue weighted by Gasteiger charge is 2.19. The number of aromatic nitrogens is 1. The molecule has 0 fully saturated rings. The molecule has 0 aliphatic heterocycles. The van der Waals surface area contributed by atoms with Crippen molar-refractivity contribution in [2.24, 2.45) is 0 Å². The molecule has 0 bridgehead atoms. The maximum Gasteiger partial charge on any atom is 0.407 e. The van der Waals surface area contributed by atoms with E-state index in [-0.39, 0.29) is 19.6 Å². The molecule has 6 nitrogen and oxygen atoms in total.